The highest BCUT2D eigenvalue weighted by Gasteiger charge is 2.15. The highest BCUT2D eigenvalue weighted by atomic mass is 15.1. The van der Waals surface area contributed by atoms with Crippen LogP contribution < -0.4 is 4.57 Å². The Labute approximate surface area is 142 Å². The van der Waals surface area contributed by atoms with E-state index in [4.69, 9.17) is 0 Å². The first-order chi connectivity index (χ1) is 11.3. The number of unbranched alkanes of at least 4 members (excludes halogenated alkanes) is 8. The van der Waals surface area contributed by atoms with Gasteiger partial charge in [0.05, 0.1) is 19.2 Å². The first-order valence-electron chi connectivity index (χ1n) is 9.43. The summed E-state index contributed by atoms with van der Waals surface area (Å²) in [6, 6.07) is 10.7. The highest BCUT2D eigenvalue weighted by Crippen LogP contribution is 2.16. The van der Waals surface area contributed by atoms with E-state index < -0.39 is 0 Å². The number of benzene rings is 1. The van der Waals surface area contributed by atoms with E-state index in [1.54, 1.807) is 0 Å². The Morgan fingerprint density at radius 1 is 0.826 bits per heavy atom. The summed E-state index contributed by atoms with van der Waals surface area (Å²) in [4.78, 5) is 0. The molecule has 23 heavy (non-hydrogen) atoms. The van der Waals surface area contributed by atoms with Crippen LogP contribution >= 0.6 is 0 Å². The van der Waals surface area contributed by atoms with Crippen LogP contribution in [0.5, 0.6) is 0 Å². The summed E-state index contributed by atoms with van der Waals surface area (Å²) in [7, 11) is 2.13. The smallest absolute Gasteiger partial charge is 0.233 e. The SMILES string of the molecule is CCCCCCCCCCCn1cc[n+](C)c1-c1ccccc1. The van der Waals surface area contributed by atoms with Gasteiger partial charge in [-0.15, -0.1) is 0 Å². The minimum atomic E-state index is 1.13. The van der Waals surface area contributed by atoms with Crippen molar-refractivity contribution in [2.24, 2.45) is 7.05 Å². The van der Waals surface area contributed by atoms with E-state index in [-0.39, 0.29) is 0 Å². The van der Waals surface area contributed by atoms with E-state index >= 15 is 0 Å². The molecule has 0 radical (unpaired) electrons. The standard InChI is InChI=1S/C21H33N2/c1-3-4-5-6-7-8-9-10-14-17-23-19-18-22(2)21(23)20-15-12-11-13-16-20/h11-13,15-16,18-19H,3-10,14,17H2,1-2H3/q+1. The Hall–Kier alpha value is -1.57. The van der Waals surface area contributed by atoms with Gasteiger partial charge in [-0.3, -0.25) is 0 Å². The molecule has 0 N–H and O–H groups in total. The Morgan fingerprint density at radius 2 is 1.43 bits per heavy atom. The van der Waals surface area contributed by atoms with E-state index in [0.29, 0.717) is 0 Å². The molecular formula is C21H33N2+. The third kappa shape index (κ3) is 5.85. The number of aryl methyl sites for hydroxylation is 2. The Kier molecular flexibility index (Phi) is 7.92. The predicted octanol–water partition coefficient (Wildman–Crippen LogP) is 5.51. The second-order valence-electron chi connectivity index (χ2n) is 6.62. The zero-order valence-electron chi connectivity index (χ0n) is 15.0. The monoisotopic (exact) mass is 313 g/mol. The molecule has 0 aliphatic carbocycles. The van der Waals surface area contributed by atoms with Gasteiger partial charge in [0, 0.05) is 0 Å². The Balaban J connectivity index is 1.71. The van der Waals surface area contributed by atoms with Gasteiger partial charge in [-0.2, -0.15) is 0 Å². The van der Waals surface area contributed by atoms with E-state index in [2.05, 4.69) is 65.8 Å². The topological polar surface area (TPSA) is 8.81 Å². The summed E-state index contributed by atoms with van der Waals surface area (Å²) in [6.45, 7) is 3.41. The normalized spacial score (nSPS) is 11.0. The zero-order valence-corrected chi connectivity index (χ0v) is 15.0. The second-order valence-corrected chi connectivity index (χ2v) is 6.62. The van der Waals surface area contributed by atoms with Gasteiger partial charge in [0.1, 0.15) is 12.4 Å². The van der Waals surface area contributed by atoms with E-state index in [9.17, 15) is 0 Å². The minimum absolute atomic E-state index is 1.13. The molecule has 2 heteroatoms. The van der Waals surface area contributed by atoms with Crippen LogP contribution in [0, 0.1) is 0 Å². The van der Waals surface area contributed by atoms with Crippen LogP contribution in [0.25, 0.3) is 11.4 Å². The summed E-state index contributed by atoms with van der Waals surface area (Å²) in [5.41, 5.74) is 1.30. The molecule has 0 saturated carbocycles. The summed E-state index contributed by atoms with van der Waals surface area (Å²) in [5, 5.41) is 0. The van der Waals surface area contributed by atoms with Crippen molar-refractivity contribution in [2.45, 2.75) is 71.3 Å². The van der Waals surface area contributed by atoms with Gasteiger partial charge in [0.15, 0.2) is 0 Å². The molecular weight excluding hydrogens is 280 g/mol. The summed E-state index contributed by atoms with van der Waals surface area (Å²) in [5.74, 6) is 1.31. The molecule has 1 heterocycles. The van der Waals surface area contributed by atoms with Crippen LogP contribution in [0.4, 0.5) is 0 Å². The minimum Gasteiger partial charge on any atom is -0.233 e. The van der Waals surface area contributed by atoms with Gasteiger partial charge in [0.25, 0.3) is 5.82 Å². The number of rotatable bonds is 11. The molecule has 1 aromatic carbocycles. The van der Waals surface area contributed by atoms with Crippen molar-refractivity contribution >= 4 is 0 Å². The molecule has 0 amide bonds. The fraction of sp³-hybridized carbons (Fsp3) is 0.571. The van der Waals surface area contributed by atoms with E-state index in [0.717, 1.165) is 6.54 Å². The van der Waals surface area contributed by atoms with Crippen molar-refractivity contribution in [3.8, 4) is 11.4 Å². The third-order valence-corrected chi connectivity index (χ3v) is 4.61. The fourth-order valence-electron chi connectivity index (χ4n) is 3.25. The predicted molar refractivity (Wildman–Crippen MR) is 98.3 cm³/mol. The fourth-order valence-corrected chi connectivity index (χ4v) is 3.25. The van der Waals surface area contributed by atoms with Gasteiger partial charge < -0.3 is 0 Å². The van der Waals surface area contributed by atoms with Gasteiger partial charge in [0.2, 0.25) is 0 Å². The van der Waals surface area contributed by atoms with Gasteiger partial charge in [-0.1, -0.05) is 70.1 Å². The molecule has 0 spiro atoms. The Bertz CT molecular complexity index is 542. The lowest BCUT2D eigenvalue weighted by Crippen LogP contribution is -2.29. The second kappa shape index (κ2) is 10.3. The molecule has 0 aliphatic heterocycles. The first kappa shape index (κ1) is 17.8. The molecule has 2 aromatic rings. The molecule has 0 aliphatic rings. The van der Waals surface area contributed by atoms with E-state index in [1.165, 1.54) is 69.2 Å². The highest BCUT2D eigenvalue weighted by molar-refractivity contribution is 5.52. The number of hydrogen-bond donors (Lipinski definition) is 0. The molecule has 0 saturated heterocycles. The summed E-state index contributed by atoms with van der Waals surface area (Å²) in [6.07, 6.45) is 16.8. The van der Waals surface area contributed by atoms with E-state index in [1.807, 2.05) is 0 Å². The quantitative estimate of drug-likeness (QED) is 0.382. The van der Waals surface area contributed by atoms with Crippen molar-refractivity contribution in [2.75, 3.05) is 0 Å². The van der Waals surface area contributed by atoms with Crippen molar-refractivity contribution in [3.05, 3.63) is 42.7 Å². The number of nitrogens with zero attached hydrogens (tertiary/aromatic N) is 2. The Morgan fingerprint density at radius 3 is 2.09 bits per heavy atom. The average Bonchev–Trinajstić information content (AvgIpc) is 2.95. The van der Waals surface area contributed by atoms with Gasteiger partial charge in [-0.05, 0) is 25.0 Å². The number of hydrogen-bond acceptors (Lipinski definition) is 0. The molecule has 2 rings (SSSR count). The van der Waals surface area contributed by atoms with Crippen LogP contribution in [0.15, 0.2) is 42.7 Å². The average molecular weight is 314 g/mol. The van der Waals surface area contributed by atoms with Crippen LogP contribution in [0.1, 0.15) is 64.7 Å². The van der Waals surface area contributed by atoms with Gasteiger partial charge in [-0.25, -0.2) is 9.13 Å². The molecule has 2 nitrogen and oxygen atoms in total. The number of aromatic nitrogens is 2. The molecule has 0 fully saturated rings. The van der Waals surface area contributed by atoms with Crippen LogP contribution in [-0.2, 0) is 13.6 Å². The lowest BCUT2D eigenvalue weighted by molar-refractivity contribution is -0.659. The van der Waals surface area contributed by atoms with Crippen molar-refractivity contribution in [3.63, 3.8) is 0 Å². The number of imidazole rings is 1. The summed E-state index contributed by atoms with van der Waals surface area (Å²) >= 11 is 0. The van der Waals surface area contributed by atoms with Crippen LogP contribution in [-0.4, -0.2) is 4.57 Å². The lowest BCUT2D eigenvalue weighted by Gasteiger charge is -2.04. The molecule has 126 valence electrons. The summed E-state index contributed by atoms with van der Waals surface area (Å²) < 4.78 is 4.62. The third-order valence-electron chi connectivity index (χ3n) is 4.61. The van der Waals surface area contributed by atoms with Crippen LogP contribution in [0.2, 0.25) is 0 Å². The maximum Gasteiger partial charge on any atom is 0.288 e. The molecule has 0 unspecified atom stereocenters. The van der Waals surface area contributed by atoms with Crippen molar-refractivity contribution < 1.29 is 4.57 Å². The maximum atomic E-state index is 2.40. The molecule has 0 atom stereocenters. The largest absolute Gasteiger partial charge is 0.288 e. The van der Waals surface area contributed by atoms with Crippen molar-refractivity contribution in [1.82, 2.24) is 4.57 Å². The lowest BCUT2D eigenvalue weighted by atomic mass is 10.1. The van der Waals surface area contributed by atoms with Crippen LogP contribution in [0.3, 0.4) is 0 Å². The van der Waals surface area contributed by atoms with Gasteiger partial charge >= 0.3 is 0 Å². The maximum absolute atomic E-state index is 2.40. The molecule has 0 bridgehead atoms. The first-order valence-corrected chi connectivity index (χ1v) is 9.43. The zero-order chi connectivity index (χ0) is 16.3. The van der Waals surface area contributed by atoms with Crippen molar-refractivity contribution in [1.29, 1.82) is 0 Å². The molecule has 1 aromatic heterocycles.